The Morgan fingerprint density at radius 1 is 1.16 bits per heavy atom. The van der Waals surface area contributed by atoms with E-state index in [-0.39, 0.29) is 11.9 Å². The minimum atomic E-state index is -0.239. The van der Waals surface area contributed by atoms with Crippen LogP contribution in [0.1, 0.15) is 29.7 Å². The summed E-state index contributed by atoms with van der Waals surface area (Å²) in [5, 5.41) is 0. The second-order valence-electron chi connectivity index (χ2n) is 4.72. The van der Waals surface area contributed by atoms with Crippen LogP contribution in [0.15, 0.2) is 42.5 Å². The average Bonchev–Trinajstić information content (AvgIpc) is 2.40. The van der Waals surface area contributed by atoms with Gasteiger partial charge in [0.15, 0.2) is 0 Å². The van der Waals surface area contributed by atoms with Crippen LogP contribution in [0.25, 0.3) is 0 Å². The Hall–Kier alpha value is -1.87. The fraction of sp³-hybridized carbons (Fsp3) is 0.250. The molecule has 0 heterocycles. The topological polar surface area (TPSA) is 35.2 Å². The molecule has 2 aromatic carbocycles. The van der Waals surface area contributed by atoms with Gasteiger partial charge in [0, 0.05) is 6.04 Å². The number of rotatable bonds is 4. The summed E-state index contributed by atoms with van der Waals surface area (Å²) in [7, 11) is 0. The van der Waals surface area contributed by atoms with Gasteiger partial charge >= 0.3 is 0 Å². The van der Waals surface area contributed by atoms with Crippen LogP contribution < -0.4 is 10.5 Å². The number of hydrogen-bond acceptors (Lipinski definition) is 2. The molecule has 2 rings (SSSR count). The van der Waals surface area contributed by atoms with Crippen molar-refractivity contribution in [3.05, 3.63) is 65.0 Å². The van der Waals surface area contributed by atoms with Crippen LogP contribution in [0.2, 0.25) is 0 Å². The van der Waals surface area contributed by atoms with Crippen molar-refractivity contribution in [2.24, 2.45) is 5.73 Å². The van der Waals surface area contributed by atoms with Gasteiger partial charge in [0.2, 0.25) is 0 Å². The van der Waals surface area contributed by atoms with E-state index in [2.05, 4.69) is 0 Å². The summed E-state index contributed by atoms with van der Waals surface area (Å²) in [5.41, 5.74) is 8.73. The van der Waals surface area contributed by atoms with E-state index in [1.54, 1.807) is 6.07 Å². The van der Waals surface area contributed by atoms with E-state index in [1.807, 2.05) is 38.1 Å². The molecule has 0 radical (unpaired) electrons. The van der Waals surface area contributed by atoms with Crippen molar-refractivity contribution >= 4 is 0 Å². The highest BCUT2D eigenvalue weighted by molar-refractivity contribution is 5.30. The second kappa shape index (κ2) is 5.85. The van der Waals surface area contributed by atoms with Crippen molar-refractivity contribution in [1.82, 2.24) is 0 Å². The molecular formula is C16H18FNO. The van der Waals surface area contributed by atoms with Crippen molar-refractivity contribution in [3.63, 3.8) is 0 Å². The molecule has 0 bridgehead atoms. The molecule has 19 heavy (non-hydrogen) atoms. The average molecular weight is 259 g/mol. The molecule has 1 atom stereocenters. The van der Waals surface area contributed by atoms with Crippen LogP contribution in [0.5, 0.6) is 5.75 Å². The standard InChI is InChI=1S/C16H18FNO/c1-11-3-6-15(17)9-14(11)10-19-16-7-4-13(5-8-16)12(2)18/h3-9,12H,10,18H2,1-2H3/t12-/m0/s1. The summed E-state index contributed by atoms with van der Waals surface area (Å²) >= 11 is 0. The fourth-order valence-corrected chi connectivity index (χ4v) is 1.82. The van der Waals surface area contributed by atoms with Gasteiger partial charge in [-0.3, -0.25) is 0 Å². The van der Waals surface area contributed by atoms with E-state index in [1.165, 1.54) is 12.1 Å². The largest absolute Gasteiger partial charge is 0.489 e. The monoisotopic (exact) mass is 259 g/mol. The number of nitrogens with two attached hydrogens (primary N) is 1. The molecule has 2 nitrogen and oxygen atoms in total. The molecule has 2 aromatic rings. The lowest BCUT2D eigenvalue weighted by Gasteiger charge is -2.10. The summed E-state index contributed by atoms with van der Waals surface area (Å²) in [4.78, 5) is 0. The molecule has 0 unspecified atom stereocenters. The highest BCUT2D eigenvalue weighted by Crippen LogP contribution is 2.18. The van der Waals surface area contributed by atoms with Gasteiger partial charge in [-0.1, -0.05) is 18.2 Å². The van der Waals surface area contributed by atoms with E-state index in [9.17, 15) is 4.39 Å². The molecule has 0 aliphatic carbocycles. The Morgan fingerprint density at radius 3 is 2.47 bits per heavy atom. The normalized spacial score (nSPS) is 12.2. The zero-order valence-electron chi connectivity index (χ0n) is 11.2. The van der Waals surface area contributed by atoms with Gasteiger partial charge in [0.1, 0.15) is 18.2 Å². The maximum Gasteiger partial charge on any atom is 0.123 e. The van der Waals surface area contributed by atoms with E-state index < -0.39 is 0 Å². The summed E-state index contributed by atoms with van der Waals surface area (Å²) < 4.78 is 18.8. The van der Waals surface area contributed by atoms with Gasteiger partial charge in [0.25, 0.3) is 0 Å². The molecule has 0 aliphatic rings. The van der Waals surface area contributed by atoms with Crippen molar-refractivity contribution in [2.75, 3.05) is 0 Å². The van der Waals surface area contributed by atoms with Crippen molar-refractivity contribution in [2.45, 2.75) is 26.5 Å². The smallest absolute Gasteiger partial charge is 0.123 e. The zero-order chi connectivity index (χ0) is 13.8. The molecule has 100 valence electrons. The van der Waals surface area contributed by atoms with Crippen molar-refractivity contribution in [3.8, 4) is 5.75 Å². The fourth-order valence-electron chi connectivity index (χ4n) is 1.82. The summed E-state index contributed by atoms with van der Waals surface area (Å²) in [5.74, 6) is 0.518. The van der Waals surface area contributed by atoms with E-state index >= 15 is 0 Å². The van der Waals surface area contributed by atoms with Gasteiger partial charge in [-0.15, -0.1) is 0 Å². The lowest BCUT2D eigenvalue weighted by atomic mass is 10.1. The van der Waals surface area contributed by atoms with E-state index in [0.717, 1.165) is 22.4 Å². The SMILES string of the molecule is Cc1ccc(F)cc1COc1ccc([C@H](C)N)cc1. The Labute approximate surface area is 113 Å². The van der Waals surface area contributed by atoms with E-state index in [4.69, 9.17) is 10.5 Å². The molecule has 0 amide bonds. The van der Waals surface area contributed by atoms with Gasteiger partial charge in [-0.25, -0.2) is 4.39 Å². The predicted octanol–water partition coefficient (Wildman–Crippen LogP) is 3.73. The summed E-state index contributed by atoms with van der Waals surface area (Å²) in [6.07, 6.45) is 0. The number of hydrogen-bond donors (Lipinski definition) is 1. The van der Waals surface area contributed by atoms with Gasteiger partial charge < -0.3 is 10.5 Å². The first-order valence-electron chi connectivity index (χ1n) is 6.29. The highest BCUT2D eigenvalue weighted by atomic mass is 19.1. The maximum atomic E-state index is 13.1. The Morgan fingerprint density at radius 2 is 1.84 bits per heavy atom. The summed E-state index contributed by atoms with van der Waals surface area (Å²) in [6, 6.07) is 12.4. The molecule has 0 saturated heterocycles. The number of ether oxygens (including phenoxy) is 1. The second-order valence-corrected chi connectivity index (χ2v) is 4.72. The van der Waals surface area contributed by atoms with Crippen LogP contribution in [0.3, 0.4) is 0 Å². The van der Waals surface area contributed by atoms with Gasteiger partial charge in [-0.2, -0.15) is 0 Å². The number of benzene rings is 2. The lowest BCUT2D eigenvalue weighted by Crippen LogP contribution is -2.04. The van der Waals surface area contributed by atoms with Gasteiger partial charge in [0.05, 0.1) is 0 Å². The third kappa shape index (κ3) is 3.55. The lowest BCUT2D eigenvalue weighted by molar-refractivity contribution is 0.304. The molecular weight excluding hydrogens is 241 g/mol. The predicted molar refractivity (Wildman–Crippen MR) is 74.5 cm³/mol. The number of halogens is 1. The first-order valence-corrected chi connectivity index (χ1v) is 6.29. The molecule has 0 aliphatic heterocycles. The molecule has 0 spiro atoms. The van der Waals surface area contributed by atoms with Crippen molar-refractivity contribution in [1.29, 1.82) is 0 Å². The minimum absolute atomic E-state index is 0.0134. The first kappa shape index (κ1) is 13.6. The van der Waals surface area contributed by atoms with Crippen LogP contribution in [-0.2, 0) is 6.61 Å². The third-order valence-electron chi connectivity index (χ3n) is 3.11. The minimum Gasteiger partial charge on any atom is -0.489 e. The first-order chi connectivity index (χ1) is 9.06. The molecule has 2 N–H and O–H groups in total. The van der Waals surface area contributed by atoms with Gasteiger partial charge in [-0.05, 0) is 54.8 Å². The van der Waals surface area contributed by atoms with E-state index in [0.29, 0.717) is 6.61 Å². The Balaban J connectivity index is 2.04. The van der Waals surface area contributed by atoms with Crippen LogP contribution in [0.4, 0.5) is 4.39 Å². The van der Waals surface area contributed by atoms with Crippen LogP contribution in [0, 0.1) is 12.7 Å². The quantitative estimate of drug-likeness (QED) is 0.908. The third-order valence-corrected chi connectivity index (χ3v) is 3.11. The Bertz CT molecular complexity index is 549. The Kier molecular flexibility index (Phi) is 4.17. The zero-order valence-corrected chi connectivity index (χ0v) is 11.2. The molecule has 0 fully saturated rings. The molecule has 0 saturated carbocycles. The molecule has 0 aromatic heterocycles. The highest BCUT2D eigenvalue weighted by Gasteiger charge is 2.03. The molecule has 3 heteroatoms. The van der Waals surface area contributed by atoms with Crippen molar-refractivity contribution < 1.29 is 9.13 Å². The summed E-state index contributed by atoms with van der Waals surface area (Å²) in [6.45, 7) is 4.24. The number of aryl methyl sites for hydroxylation is 1. The maximum absolute atomic E-state index is 13.1. The van der Waals surface area contributed by atoms with Crippen LogP contribution in [-0.4, -0.2) is 0 Å². The van der Waals surface area contributed by atoms with Crippen LogP contribution >= 0.6 is 0 Å².